The standard InChI is InChI=1S/C12H20N2O4/c1-6(2)8(15)12-10(17)14(18-5)11(12,4)7(3)9(16)13-12/h6-8,15H,1-5H3,(H,13,16)/t7?,8-,11-,12?/m0/s1. The number of fused-ring (bicyclic) bond motifs is 1. The van der Waals surface area contributed by atoms with Crippen LogP contribution in [0.5, 0.6) is 0 Å². The van der Waals surface area contributed by atoms with E-state index in [2.05, 4.69) is 5.32 Å². The van der Waals surface area contributed by atoms with Gasteiger partial charge in [-0.05, 0) is 12.8 Å². The summed E-state index contributed by atoms with van der Waals surface area (Å²) in [6.45, 7) is 7.14. The van der Waals surface area contributed by atoms with Gasteiger partial charge in [0.25, 0.3) is 5.91 Å². The number of carbonyl (C=O) groups excluding carboxylic acids is 2. The molecule has 2 aliphatic rings. The fourth-order valence-electron chi connectivity index (χ4n) is 3.22. The van der Waals surface area contributed by atoms with Gasteiger partial charge in [-0.15, -0.1) is 0 Å². The molecule has 0 radical (unpaired) electrons. The molecule has 2 unspecified atom stereocenters. The summed E-state index contributed by atoms with van der Waals surface area (Å²) in [5.41, 5.74) is -2.10. The maximum absolute atomic E-state index is 12.3. The van der Waals surface area contributed by atoms with Gasteiger partial charge in [-0.2, -0.15) is 0 Å². The van der Waals surface area contributed by atoms with Gasteiger partial charge in [-0.25, -0.2) is 5.06 Å². The molecule has 0 bridgehead atoms. The van der Waals surface area contributed by atoms with Crippen molar-refractivity contribution in [3.8, 4) is 0 Å². The number of hydroxylamine groups is 2. The summed E-state index contributed by atoms with van der Waals surface area (Å²) < 4.78 is 0. The van der Waals surface area contributed by atoms with Crippen molar-refractivity contribution < 1.29 is 19.5 Å². The Balaban J connectivity index is 2.52. The highest BCUT2D eigenvalue weighted by atomic mass is 16.7. The van der Waals surface area contributed by atoms with Crippen LogP contribution in [-0.4, -0.2) is 46.3 Å². The SMILES string of the molecule is CON1C(=O)C2([C@@H](O)C(C)C)NC(=O)C(C)[C@]12C. The van der Waals surface area contributed by atoms with Crippen LogP contribution in [0.25, 0.3) is 0 Å². The lowest BCUT2D eigenvalue weighted by Gasteiger charge is -2.60. The molecule has 0 aromatic heterocycles. The van der Waals surface area contributed by atoms with E-state index in [0.29, 0.717) is 0 Å². The van der Waals surface area contributed by atoms with Gasteiger partial charge in [-0.3, -0.25) is 14.4 Å². The molecular weight excluding hydrogens is 236 g/mol. The van der Waals surface area contributed by atoms with E-state index in [4.69, 9.17) is 4.84 Å². The molecule has 2 N–H and O–H groups in total. The lowest BCUT2D eigenvalue weighted by molar-refractivity contribution is -0.282. The fourth-order valence-corrected chi connectivity index (χ4v) is 3.22. The number of carbonyl (C=O) groups is 2. The molecule has 2 heterocycles. The van der Waals surface area contributed by atoms with Gasteiger partial charge < -0.3 is 10.4 Å². The van der Waals surface area contributed by atoms with Crippen LogP contribution in [0.15, 0.2) is 0 Å². The quantitative estimate of drug-likeness (QED) is 0.678. The second-order valence-corrected chi connectivity index (χ2v) is 5.64. The van der Waals surface area contributed by atoms with E-state index in [9.17, 15) is 14.7 Å². The molecule has 2 saturated heterocycles. The Hall–Kier alpha value is -1.14. The molecule has 0 spiro atoms. The molecule has 18 heavy (non-hydrogen) atoms. The van der Waals surface area contributed by atoms with Gasteiger partial charge in [0.15, 0.2) is 5.54 Å². The molecule has 2 fully saturated rings. The van der Waals surface area contributed by atoms with Crippen molar-refractivity contribution in [1.29, 1.82) is 0 Å². The minimum absolute atomic E-state index is 0.141. The molecule has 6 nitrogen and oxygen atoms in total. The third-order valence-electron chi connectivity index (χ3n) is 4.56. The third-order valence-corrected chi connectivity index (χ3v) is 4.56. The number of rotatable bonds is 3. The molecule has 102 valence electrons. The van der Waals surface area contributed by atoms with Crippen LogP contribution in [0.4, 0.5) is 0 Å². The number of hydrogen-bond donors (Lipinski definition) is 2. The summed E-state index contributed by atoms with van der Waals surface area (Å²) >= 11 is 0. The van der Waals surface area contributed by atoms with Gasteiger partial charge in [0.05, 0.1) is 19.1 Å². The van der Waals surface area contributed by atoms with Crippen molar-refractivity contribution in [3.05, 3.63) is 0 Å². The van der Waals surface area contributed by atoms with Gasteiger partial charge in [-0.1, -0.05) is 20.8 Å². The zero-order chi connectivity index (χ0) is 13.9. The van der Waals surface area contributed by atoms with Gasteiger partial charge in [0.1, 0.15) is 5.54 Å². The zero-order valence-electron chi connectivity index (χ0n) is 11.4. The topological polar surface area (TPSA) is 78.9 Å². The first kappa shape index (κ1) is 13.3. The Morgan fingerprint density at radius 2 is 2.00 bits per heavy atom. The highest BCUT2D eigenvalue weighted by Crippen LogP contribution is 2.53. The van der Waals surface area contributed by atoms with Gasteiger partial charge in [0, 0.05) is 0 Å². The molecular formula is C12H20N2O4. The van der Waals surface area contributed by atoms with Crippen molar-refractivity contribution in [3.63, 3.8) is 0 Å². The molecule has 0 aliphatic carbocycles. The van der Waals surface area contributed by atoms with E-state index in [0.717, 1.165) is 0 Å². The summed E-state index contributed by atoms with van der Waals surface area (Å²) in [6, 6.07) is 0. The zero-order valence-corrected chi connectivity index (χ0v) is 11.4. The van der Waals surface area contributed by atoms with Crippen LogP contribution in [-0.2, 0) is 14.4 Å². The summed E-state index contributed by atoms with van der Waals surface area (Å²) in [4.78, 5) is 29.3. The van der Waals surface area contributed by atoms with Crippen molar-refractivity contribution in [1.82, 2.24) is 10.4 Å². The minimum atomic E-state index is -1.26. The first-order chi connectivity index (χ1) is 8.25. The van der Waals surface area contributed by atoms with Crippen LogP contribution in [0.3, 0.4) is 0 Å². The van der Waals surface area contributed by atoms with E-state index in [-0.39, 0.29) is 17.7 Å². The van der Waals surface area contributed by atoms with E-state index in [1.165, 1.54) is 12.2 Å². The number of nitrogens with one attached hydrogen (secondary N) is 1. The average Bonchev–Trinajstić information content (AvgIpc) is 2.49. The second-order valence-electron chi connectivity index (χ2n) is 5.64. The summed E-state index contributed by atoms with van der Waals surface area (Å²) in [7, 11) is 1.39. The normalized spacial score (nSPS) is 40.6. The van der Waals surface area contributed by atoms with E-state index in [1.54, 1.807) is 13.8 Å². The van der Waals surface area contributed by atoms with Gasteiger partial charge >= 0.3 is 0 Å². The Morgan fingerprint density at radius 3 is 2.44 bits per heavy atom. The second kappa shape index (κ2) is 3.68. The van der Waals surface area contributed by atoms with Crippen LogP contribution in [0, 0.1) is 11.8 Å². The van der Waals surface area contributed by atoms with Crippen molar-refractivity contribution in [2.24, 2.45) is 11.8 Å². The minimum Gasteiger partial charge on any atom is -0.390 e. The Kier molecular flexibility index (Phi) is 2.72. The predicted molar refractivity (Wildman–Crippen MR) is 63.1 cm³/mol. The third kappa shape index (κ3) is 1.10. The Morgan fingerprint density at radius 1 is 1.44 bits per heavy atom. The summed E-state index contributed by atoms with van der Waals surface area (Å²) in [5.74, 6) is -1.18. The summed E-state index contributed by atoms with van der Waals surface area (Å²) in [5, 5.41) is 14.3. The number of amides is 2. The number of aliphatic hydroxyl groups excluding tert-OH is 1. The largest absolute Gasteiger partial charge is 0.390 e. The summed E-state index contributed by atoms with van der Waals surface area (Å²) in [6.07, 6.45) is -0.935. The number of aliphatic hydroxyl groups is 1. The van der Waals surface area contributed by atoms with E-state index in [1.807, 2.05) is 13.8 Å². The maximum Gasteiger partial charge on any atom is 0.277 e. The number of hydrogen-bond acceptors (Lipinski definition) is 4. The Bertz CT molecular complexity index is 411. The van der Waals surface area contributed by atoms with Crippen molar-refractivity contribution >= 4 is 11.8 Å². The number of β-lactam (4-membered cyclic amide) rings is 1. The average molecular weight is 256 g/mol. The molecule has 2 amide bonds. The number of nitrogens with zero attached hydrogens (tertiary/aromatic N) is 1. The van der Waals surface area contributed by atoms with E-state index < -0.39 is 23.1 Å². The lowest BCUT2D eigenvalue weighted by Crippen LogP contribution is -2.87. The Labute approximate surface area is 106 Å². The van der Waals surface area contributed by atoms with Gasteiger partial charge in [0.2, 0.25) is 5.91 Å². The monoisotopic (exact) mass is 256 g/mol. The fraction of sp³-hybridized carbons (Fsp3) is 0.833. The molecule has 6 heteroatoms. The predicted octanol–water partition coefficient (Wildman–Crippen LogP) is -0.330. The molecule has 2 rings (SSSR count). The van der Waals surface area contributed by atoms with Crippen LogP contribution >= 0.6 is 0 Å². The lowest BCUT2D eigenvalue weighted by atomic mass is 9.62. The highest BCUT2D eigenvalue weighted by Gasteiger charge is 2.80. The first-order valence-corrected chi connectivity index (χ1v) is 6.14. The molecule has 2 aliphatic heterocycles. The first-order valence-electron chi connectivity index (χ1n) is 6.14. The van der Waals surface area contributed by atoms with Crippen molar-refractivity contribution in [2.75, 3.05) is 7.11 Å². The maximum atomic E-state index is 12.3. The smallest absolute Gasteiger partial charge is 0.277 e. The molecule has 0 aromatic carbocycles. The molecule has 0 saturated carbocycles. The van der Waals surface area contributed by atoms with E-state index >= 15 is 0 Å². The van der Waals surface area contributed by atoms with Crippen LogP contribution in [0.1, 0.15) is 27.7 Å². The highest BCUT2D eigenvalue weighted by molar-refractivity contribution is 6.05. The molecule has 4 atom stereocenters. The molecule has 0 aromatic rings. The van der Waals surface area contributed by atoms with Crippen molar-refractivity contribution in [2.45, 2.75) is 44.9 Å². The van der Waals surface area contributed by atoms with Crippen LogP contribution < -0.4 is 5.32 Å². The van der Waals surface area contributed by atoms with Crippen LogP contribution in [0.2, 0.25) is 0 Å².